The number of rotatable bonds is 3. The molecule has 6 nitrogen and oxygen atoms in total. The second-order valence-electron chi connectivity index (χ2n) is 8.04. The molecule has 2 fully saturated rings. The molecular weight excluding hydrogens is 359 g/mol. The number of benzene rings is 1. The van der Waals surface area contributed by atoms with Crippen molar-refractivity contribution >= 4 is 5.91 Å². The number of aryl methyl sites for hydroxylation is 1. The first-order valence-corrected chi connectivity index (χ1v) is 9.86. The van der Waals surface area contributed by atoms with Crippen LogP contribution in [-0.4, -0.2) is 27.8 Å². The number of carbonyl (C=O) groups is 1. The van der Waals surface area contributed by atoms with Gasteiger partial charge in [0.2, 0.25) is 5.43 Å². The molecule has 4 rings (SSSR count). The predicted octanol–water partition coefficient (Wildman–Crippen LogP) is 2.32. The maximum atomic E-state index is 14.2. The molecule has 1 heterocycles. The summed E-state index contributed by atoms with van der Waals surface area (Å²) in [6.45, 7) is 1.66. The van der Waals surface area contributed by atoms with E-state index in [1.54, 1.807) is 25.1 Å². The van der Waals surface area contributed by atoms with Gasteiger partial charge in [0.05, 0.1) is 0 Å². The van der Waals surface area contributed by atoms with Gasteiger partial charge in [-0.05, 0) is 56.6 Å². The largest absolute Gasteiger partial charge is 0.347 e. The van der Waals surface area contributed by atoms with Crippen LogP contribution in [0.4, 0.5) is 4.39 Å². The van der Waals surface area contributed by atoms with Gasteiger partial charge < -0.3 is 11.1 Å². The first-order valence-electron chi connectivity index (χ1n) is 9.86. The Bertz CT molecular complexity index is 944. The van der Waals surface area contributed by atoms with Crippen LogP contribution in [0.3, 0.4) is 0 Å². The van der Waals surface area contributed by atoms with Crippen LogP contribution in [0.5, 0.6) is 0 Å². The van der Waals surface area contributed by atoms with Crippen molar-refractivity contribution in [1.82, 2.24) is 15.1 Å². The van der Waals surface area contributed by atoms with Crippen LogP contribution in [0, 0.1) is 24.6 Å². The zero-order valence-electron chi connectivity index (χ0n) is 15.9. The van der Waals surface area contributed by atoms with Crippen molar-refractivity contribution in [3.05, 3.63) is 57.8 Å². The smallest absolute Gasteiger partial charge is 0.276 e. The topological polar surface area (TPSA) is 90.0 Å². The summed E-state index contributed by atoms with van der Waals surface area (Å²) >= 11 is 0. The van der Waals surface area contributed by atoms with Gasteiger partial charge in [-0.2, -0.15) is 5.10 Å². The van der Waals surface area contributed by atoms with Gasteiger partial charge in [-0.25, -0.2) is 9.07 Å². The third kappa shape index (κ3) is 3.46. The van der Waals surface area contributed by atoms with E-state index in [4.69, 9.17) is 5.73 Å². The Morgan fingerprint density at radius 3 is 2.61 bits per heavy atom. The Balaban J connectivity index is 1.64. The third-order valence-corrected chi connectivity index (χ3v) is 6.08. The molecule has 28 heavy (non-hydrogen) atoms. The molecule has 1 aromatic carbocycles. The van der Waals surface area contributed by atoms with E-state index >= 15 is 0 Å². The number of para-hydroxylation sites is 1. The summed E-state index contributed by atoms with van der Waals surface area (Å²) in [7, 11) is 0. The van der Waals surface area contributed by atoms with Gasteiger partial charge in [-0.3, -0.25) is 9.59 Å². The van der Waals surface area contributed by atoms with Crippen LogP contribution in [0.25, 0.3) is 5.69 Å². The van der Waals surface area contributed by atoms with E-state index in [1.165, 1.54) is 16.8 Å². The van der Waals surface area contributed by atoms with E-state index in [9.17, 15) is 14.0 Å². The molecule has 1 amide bonds. The molecule has 0 radical (unpaired) electrons. The van der Waals surface area contributed by atoms with Crippen LogP contribution in [0.15, 0.2) is 35.1 Å². The number of nitrogens with two attached hydrogens (primary N) is 1. The van der Waals surface area contributed by atoms with Crippen LogP contribution < -0.4 is 16.5 Å². The van der Waals surface area contributed by atoms with Crippen LogP contribution in [0.1, 0.15) is 48.3 Å². The number of fused-ring (bicyclic) bond motifs is 2. The van der Waals surface area contributed by atoms with Gasteiger partial charge in [0.25, 0.3) is 5.91 Å². The Labute approximate surface area is 162 Å². The fourth-order valence-corrected chi connectivity index (χ4v) is 4.82. The van der Waals surface area contributed by atoms with Crippen molar-refractivity contribution in [2.75, 3.05) is 0 Å². The van der Waals surface area contributed by atoms with Crippen LogP contribution in [-0.2, 0) is 0 Å². The number of hydrogen-bond acceptors (Lipinski definition) is 4. The van der Waals surface area contributed by atoms with E-state index < -0.39 is 17.2 Å². The lowest BCUT2D eigenvalue weighted by Gasteiger charge is -2.45. The Kier molecular flexibility index (Phi) is 5.02. The molecule has 0 spiro atoms. The molecule has 2 atom stereocenters. The number of nitrogens with zero attached hydrogens (tertiary/aromatic N) is 2. The standard InChI is InChI=1S/C21H25FN4O2/c1-12-9-18(27)20(25-26(12)17-8-3-2-7-16(17)22)21(28)24-19-13-5-4-6-14(19)11-15(23)10-13/h2-3,7-9,13-15,19H,4-6,10-11,23H2,1H3,(H,24,28). The quantitative estimate of drug-likeness (QED) is 0.850. The first-order chi connectivity index (χ1) is 13.4. The molecule has 1 aromatic heterocycles. The van der Waals surface area contributed by atoms with Crippen molar-refractivity contribution in [3.8, 4) is 5.69 Å². The molecule has 2 aliphatic rings. The fraction of sp³-hybridized carbons (Fsp3) is 0.476. The highest BCUT2D eigenvalue weighted by atomic mass is 19.1. The van der Waals surface area contributed by atoms with E-state index in [-0.39, 0.29) is 23.5 Å². The maximum Gasteiger partial charge on any atom is 0.276 e. The summed E-state index contributed by atoms with van der Waals surface area (Å²) < 4.78 is 15.5. The zero-order valence-corrected chi connectivity index (χ0v) is 15.9. The van der Waals surface area contributed by atoms with Gasteiger partial charge in [0, 0.05) is 23.8 Å². The monoisotopic (exact) mass is 384 g/mol. The second-order valence-corrected chi connectivity index (χ2v) is 8.04. The van der Waals surface area contributed by atoms with Crippen molar-refractivity contribution in [1.29, 1.82) is 0 Å². The Morgan fingerprint density at radius 1 is 1.25 bits per heavy atom. The molecule has 2 unspecified atom stereocenters. The van der Waals surface area contributed by atoms with Gasteiger partial charge in [-0.15, -0.1) is 0 Å². The summed E-state index contributed by atoms with van der Waals surface area (Å²) in [6, 6.07) is 7.67. The number of aromatic nitrogens is 2. The molecular formula is C21H25FN4O2. The predicted molar refractivity (Wildman–Crippen MR) is 104 cm³/mol. The first kappa shape index (κ1) is 18.8. The van der Waals surface area contributed by atoms with E-state index in [1.807, 2.05) is 0 Å². The highest BCUT2D eigenvalue weighted by Gasteiger charge is 2.40. The highest BCUT2D eigenvalue weighted by molar-refractivity contribution is 5.92. The molecule has 2 bridgehead atoms. The lowest BCUT2D eigenvalue weighted by Crippen LogP contribution is -2.54. The summed E-state index contributed by atoms with van der Waals surface area (Å²) in [5.74, 6) is -0.284. The Hall–Kier alpha value is -2.54. The minimum absolute atomic E-state index is 0.0189. The van der Waals surface area contributed by atoms with E-state index in [0.29, 0.717) is 17.5 Å². The van der Waals surface area contributed by atoms with Crippen LogP contribution in [0.2, 0.25) is 0 Å². The molecule has 7 heteroatoms. The summed E-state index contributed by atoms with van der Waals surface area (Å²) in [5.41, 5.74) is 6.16. The van der Waals surface area contributed by atoms with Gasteiger partial charge in [0.1, 0.15) is 11.5 Å². The minimum Gasteiger partial charge on any atom is -0.347 e. The fourth-order valence-electron chi connectivity index (χ4n) is 4.82. The zero-order chi connectivity index (χ0) is 19.8. The summed E-state index contributed by atoms with van der Waals surface area (Å²) in [6.07, 6.45) is 5.01. The Morgan fingerprint density at radius 2 is 1.93 bits per heavy atom. The number of halogens is 1. The SMILES string of the molecule is Cc1cc(=O)c(C(=O)NC2C3CCCC2CC(N)C3)nn1-c1ccccc1F. The number of hydrogen-bond donors (Lipinski definition) is 2. The molecule has 148 valence electrons. The average Bonchev–Trinajstić information content (AvgIpc) is 2.63. The lowest BCUT2D eigenvalue weighted by molar-refractivity contribution is 0.0749. The molecule has 2 aliphatic carbocycles. The van der Waals surface area contributed by atoms with Crippen molar-refractivity contribution in [2.45, 2.75) is 51.1 Å². The third-order valence-electron chi connectivity index (χ3n) is 6.08. The van der Waals surface area contributed by atoms with Gasteiger partial charge in [-0.1, -0.05) is 18.6 Å². The minimum atomic E-state index is -0.493. The molecule has 2 aromatic rings. The van der Waals surface area contributed by atoms with Crippen LogP contribution >= 0.6 is 0 Å². The normalized spacial score (nSPS) is 26.7. The van der Waals surface area contributed by atoms with E-state index in [0.717, 1.165) is 32.1 Å². The molecule has 0 aliphatic heterocycles. The lowest BCUT2D eigenvalue weighted by atomic mass is 9.67. The average molecular weight is 384 g/mol. The van der Waals surface area contributed by atoms with Gasteiger partial charge >= 0.3 is 0 Å². The van der Waals surface area contributed by atoms with E-state index in [2.05, 4.69) is 10.4 Å². The summed E-state index contributed by atoms with van der Waals surface area (Å²) in [4.78, 5) is 25.4. The summed E-state index contributed by atoms with van der Waals surface area (Å²) in [5, 5.41) is 7.25. The molecule has 3 N–H and O–H groups in total. The maximum absolute atomic E-state index is 14.2. The van der Waals surface area contributed by atoms with Crippen molar-refractivity contribution < 1.29 is 9.18 Å². The molecule has 0 saturated heterocycles. The van der Waals surface area contributed by atoms with Crippen molar-refractivity contribution in [2.24, 2.45) is 17.6 Å². The second kappa shape index (κ2) is 7.47. The number of carbonyl (C=O) groups excluding carboxylic acids is 1. The molecule has 2 saturated carbocycles. The number of amides is 1. The van der Waals surface area contributed by atoms with Crippen molar-refractivity contribution in [3.63, 3.8) is 0 Å². The highest BCUT2D eigenvalue weighted by Crippen LogP contribution is 2.39. The van der Waals surface area contributed by atoms with Gasteiger partial charge in [0.15, 0.2) is 5.69 Å². The number of nitrogens with one attached hydrogen (secondary N) is 1.